The zero-order chi connectivity index (χ0) is 31.9. The molecule has 7 aromatic carbocycles. The van der Waals surface area contributed by atoms with E-state index in [1.54, 1.807) is 0 Å². The van der Waals surface area contributed by atoms with E-state index >= 15 is 0 Å². The SMILES string of the molecule is c1ccc(C2(c3ccc(N(c4ccc(-c5cccc6ccccc56)cc4)c4ccc5sc6ccccc6c5c4)cc3)CCCCC2)cc1. The van der Waals surface area contributed by atoms with Crippen molar-refractivity contribution in [3.63, 3.8) is 0 Å². The van der Waals surface area contributed by atoms with Gasteiger partial charge in [-0.2, -0.15) is 0 Å². The molecule has 0 N–H and O–H groups in total. The van der Waals surface area contributed by atoms with Crippen LogP contribution in [0.25, 0.3) is 42.1 Å². The van der Waals surface area contributed by atoms with Crippen LogP contribution < -0.4 is 4.90 Å². The average molecular weight is 636 g/mol. The van der Waals surface area contributed by atoms with Crippen LogP contribution in [0, 0.1) is 0 Å². The van der Waals surface area contributed by atoms with Gasteiger partial charge < -0.3 is 4.90 Å². The van der Waals surface area contributed by atoms with Gasteiger partial charge in [-0.15, -0.1) is 11.3 Å². The summed E-state index contributed by atoms with van der Waals surface area (Å²) in [4.78, 5) is 2.43. The number of anilines is 3. The van der Waals surface area contributed by atoms with E-state index in [0.717, 1.165) is 5.69 Å². The summed E-state index contributed by atoms with van der Waals surface area (Å²) >= 11 is 1.87. The van der Waals surface area contributed by atoms with Crippen LogP contribution in [0.15, 0.2) is 164 Å². The molecule has 9 rings (SSSR count). The fourth-order valence-electron chi connectivity index (χ4n) is 8.15. The van der Waals surface area contributed by atoms with E-state index < -0.39 is 0 Å². The van der Waals surface area contributed by atoms with Crippen LogP contribution >= 0.6 is 11.3 Å². The lowest BCUT2D eigenvalue weighted by Gasteiger charge is -2.39. The van der Waals surface area contributed by atoms with Crippen molar-refractivity contribution in [1.82, 2.24) is 0 Å². The monoisotopic (exact) mass is 635 g/mol. The molecule has 0 amide bonds. The summed E-state index contributed by atoms with van der Waals surface area (Å²) in [5.74, 6) is 0. The van der Waals surface area contributed by atoms with Gasteiger partial charge in [0.1, 0.15) is 0 Å². The molecule has 1 heterocycles. The Labute approximate surface area is 286 Å². The number of benzene rings is 7. The number of hydrogen-bond acceptors (Lipinski definition) is 2. The van der Waals surface area contributed by atoms with E-state index in [1.165, 1.54) is 96.7 Å². The fraction of sp³-hybridized carbons (Fsp3) is 0.130. The van der Waals surface area contributed by atoms with Gasteiger partial charge in [-0.25, -0.2) is 0 Å². The first-order chi connectivity index (χ1) is 23.8. The van der Waals surface area contributed by atoms with Crippen molar-refractivity contribution in [1.29, 1.82) is 0 Å². The predicted molar refractivity (Wildman–Crippen MR) is 207 cm³/mol. The van der Waals surface area contributed by atoms with E-state index in [2.05, 4.69) is 169 Å². The second-order valence-corrected chi connectivity index (χ2v) is 14.3. The van der Waals surface area contributed by atoms with E-state index in [4.69, 9.17) is 0 Å². The quantitative estimate of drug-likeness (QED) is 0.176. The molecular weight excluding hydrogens is 599 g/mol. The molecule has 232 valence electrons. The molecule has 1 saturated carbocycles. The van der Waals surface area contributed by atoms with Gasteiger partial charge >= 0.3 is 0 Å². The van der Waals surface area contributed by atoms with Crippen molar-refractivity contribution in [2.75, 3.05) is 4.90 Å². The molecule has 0 saturated heterocycles. The van der Waals surface area contributed by atoms with Gasteiger partial charge in [-0.1, -0.05) is 135 Å². The zero-order valence-corrected chi connectivity index (χ0v) is 27.8. The van der Waals surface area contributed by atoms with Gasteiger partial charge in [0.2, 0.25) is 0 Å². The van der Waals surface area contributed by atoms with Crippen LogP contribution in [0.3, 0.4) is 0 Å². The van der Waals surface area contributed by atoms with Crippen LogP contribution in [0.5, 0.6) is 0 Å². The minimum absolute atomic E-state index is 0.0808. The average Bonchev–Trinajstić information content (AvgIpc) is 3.54. The minimum atomic E-state index is 0.0808. The predicted octanol–water partition coefficient (Wildman–Crippen LogP) is 13.6. The van der Waals surface area contributed by atoms with Crippen molar-refractivity contribution >= 4 is 59.3 Å². The molecule has 0 radical (unpaired) electrons. The van der Waals surface area contributed by atoms with E-state index in [9.17, 15) is 0 Å². The molecule has 8 aromatic rings. The molecule has 48 heavy (non-hydrogen) atoms. The molecule has 0 spiro atoms. The van der Waals surface area contributed by atoms with E-state index in [0.29, 0.717) is 0 Å². The standard InChI is InChI=1S/C46H37NS/c1-3-14-35(15-4-1)46(30-9-2-10-31-46)36-22-26-38(27-23-36)47(39-28-29-45-43(32-39)42-17-7-8-19-44(42)48-45)37-24-20-34(21-25-37)41-18-11-13-33-12-5-6-16-40(33)41/h1,3-8,11-29,32H,2,9-10,30-31H2. The van der Waals surface area contributed by atoms with Crippen molar-refractivity contribution in [2.24, 2.45) is 0 Å². The van der Waals surface area contributed by atoms with Crippen LogP contribution in [0.2, 0.25) is 0 Å². The third kappa shape index (κ3) is 5.00. The maximum atomic E-state index is 2.43. The number of rotatable bonds is 6. The number of fused-ring (bicyclic) bond motifs is 4. The van der Waals surface area contributed by atoms with Crippen LogP contribution in [0.4, 0.5) is 17.1 Å². The normalized spacial score (nSPS) is 14.4. The van der Waals surface area contributed by atoms with Crippen molar-refractivity contribution < 1.29 is 0 Å². The Balaban J connectivity index is 1.16. The third-order valence-corrected chi connectivity index (χ3v) is 11.7. The summed E-state index contributed by atoms with van der Waals surface area (Å²) in [5.41, 5.74) is 8.96. The Kier molecular flexibility index (Phi) is 7.32. The van der Waals surface area contributed by atoms with Crippen LogP contribution in [-0.2, 0) is 5.41 Å². The van der Waals surface area contributed by atoms with Gasteiger partial charge in [-0.05, 0) is 94.4 Å². The highest BCUT2D eigenvalue weighted by Gasteiger charge is 2.35. The molecule has 1 aliphatic carbocycles. The minimum Gasteiger partial charge on any atom is -0.310 e. The Morgan fingerprint density at radius 3 is 1.83 bits per heavy atom. The molecule has 0 bridgehead atoms. The highest BCUT2D eigenvalue weighted by atomic mass is 32.1. The molecule has 1 aromatic heterocycles. The number of thiophene rings is 1. The first-order valence-corrected chi connectivity index (χ1v) is 18.0. The topological polar surface area (TPSA) is 3.24 Å². The van der Waals surface area contributed by atoms with Crippen molar-refractivity contribution in [3.05, 3.63) is 175 Å². The summed E-state index contributed by atoms with van der Waals surface area (Å²) in [7, 11) is 0. The summed E-state index contributed by atoms with van der Waals surface area (Å²) < 4.78 is 2.65. The second-order valence-electron chi connectivity index (χ2n) is 13.2. The maximum absolute atomic E-state index is 2.43. The molecule has 0 aliphatic heterocycles. The van der Waals surface area contributed by atoms with Crippen molar-refractivity contribution in [3.8, 4) is 11.1 Å². The van der Waals surface area contributed by atoms with Gasteiger partial charge in [0, 0.05) is 42.6 Å². The Bertz CT molecular complexity index is 2360. The zero-order valence-electron chi connectivity index (χ0n) is 27.0. The van der Waals surface area contributed by atoms with Gasteiger partial charge in [-0.3, -0.25) is 0 Å². The molecule has 1 fully saturated rings. The van der Waals surface area contributed by atoms with Crippen LogP contribution in [-0.4, -0.2) is 0 Å². The summed E-state index contributed by atoms with van der Waals surface area (Å²) in [5, 5.41) is 5.18. The Hall–Kier alpha value is -5.18. The summed E-state index contributed by atoms with van der Waals surface area (Å²) in [6.45, 7) is 0. The first kappa shape index (κ1) is 29.0. The number of nitrogens with zero attached hydrogens (tertiary/aromatic N) is 1. The Morgan fingerprint density at radius 2 is 1.04 bits per heavy atom. The smallest absolute Gasteiger partial charge is 0.0468 e. The van der Waals surface area contributed by atoms with Gasteiger partial charge in [0.05, 0.1) is 0 Å². The largest absolute Gasteiger partial charge is 0.310 e. The van der Waals surface area contributed by atoms with E-state index in [1.807, 2.05) is 11.3 Å². The highest BCUT2D eigenvalue weighted by Crippen LogP contribution is 2.46. The molecule has 1 nitrogen and oxygen atoms in total. The first-order valence-electron chi connectivity index (χ1n) is 17.2. The molecule has 1 aliphatic rings. The van der Waals surface area contributed by atoms with Crippen LogP contribution in [0.1, 0.15) is 43.2 Å². The maximum Gasteiger partial charge on any atom is 0.0468 e. The molecular formula is C46H37NS. The third-order valence-electron chi connectivity index (χ3n) is 10.6. The Morgan fingerprint density at radius 1 is 0.438 bits per heavy atom. The molecule has 0 atom stereocenters. The van der Waals surface area contributed by atoms with Gasteiger partial charge in [0.25, 0.3) is 0 Å². The molecule has 2 heteroatoms. The molecule has 0 unspecified atom stereocenters. The number of hydrogen-bond donors (Lipinski definition) is 0. The summed E-state index contributed by atoms with van der Waals surface area (Å²) in [6, 6.07) is 60.9. The fourth-order valence-corrected chi connectivity index (χ4v) is 9.24. The lowest BCUT2D eigenvalue weighted by Crippen LogP contribution is -2.30. The van der Waals surface area contributed by atoms with E-state index in [-0.39, 0.29) is 5.41 Å². The lowest BCUT2D eigenvalue weighted by atomic mass is 9.65. The second kappa shape index (κ2) is 12.1. The van der Waals surface area contributed by atoms with Gasteiger partial charge in [0.15, 0.2) is 0 Å². The highest BCUT2D eigenvalue weighted by molar-refractivity contribution is 7.25. The lowest BCUT2D eigenvalue weighted by molar-refractivity contribution is 0.346. The summed E-state index contributed by atoms with van der Waals surface area (Å²) in [6.07, 6.45) is 6.30. The van der Waals surface area contributed by atoms with Crippen molar-refractivity contribution in [2.45, 2.75) is 37.5 Å².